The molecule has 0 fully saturated rings. The van der Waals surface area contributed by atoms with Crippen molar-refractivity contribution in [3.8, 4) is 0 Å². The molecular weight excluding hydrogens is 762 g/mol. The SMILES string of the molecule is CC/C=C\C/C=C\C/C=C\C/C=C\CCCCCCC(=O)OCC(COP(=O)(O)OCCN(C)C)OC(=O)CCCCCCCCCCC/C=C\C/C=C\CCCCC. The second kappa shape index (κ2) is 43.5. The third kappa shape index (κ3) is 44.8. The highest BCUT2D eigenvalue weighted by Crippen LogP contribution is 2.43. The number of phosphoric ester groups is 1. The van der Waals surface area contributed by atoms with Crippen molar-refractivity contribution < 1.29 is 37.6 Å². The molecule has 0 saturated heterocycles. The number of rotatable bonds is 42. The fourth-order valence-electron chi connectivity index (χ4n) is 5.94. The lowest BCUT2D eigenvalue weighted by atomic mass is 10.1. The topological polar surface area (TPSA) is 112 Å². The van der Waals surface area contributed by atoms with Gasteiger partial charge in [-0.05, 0) is 97.6 Å². The van der Waals surface area contributed by atoms with E-state index in [1.54, 1.807) is 0 Å². The van der Waals surface area contributed by atoms with Gasteiger partial charge in [0.25, 0.3) is 0 Å². The quantitative estimate of drug-likeness (QED) is 0.0278. The van der Waals surface area contributed by atoms with Crippen molar-refractivity contribution in [3.63, 3.8) is 0 Å². The van der Waals surface area contributed by atoms with Crippen LogP contribution in [0.1, 0.15) is 181 Å². The van der Waals surface area contributed by atoms with Crippen molar-refractivity contribution in [1.82, 2.24) is 4.90 Å². The number of phosphoric acid groups is 1. The predicted octanol–water partition coefficient (Wildman–Crippen LogP) is 13.7. The maximum atomic E-state index is 12.7. The van der Waals surface area contributed by atoms with Crippen LogP contribution < -0.4 is 0 Å². The van der Waals surface area contributed by atoms with E-state index < -0.39 is 32.5 Å². The third-order valence-electron chi connectivity index (χ3n) is 9.50. The molecule has 0 radical (unpaired) electrons. The number of carbonyl (C=O) groups is 2. The lowest BCUT2D eigenvalue weighted by Gasteiger charge is -2.20. The Morgan fingerprint density at radius 3 is 1.44 bits per heavy atom. The predicted molar refractivity (Wildman–Crippen MR) is 247 cm³/mol. The van der Waals surface area contributed by atoms with Gasteiger partial charge in [0.1, 0.15) is 6.61 Å². The second-order valence-electron chi connectivity index (χ2n) is 15.5. The Morgan fingerprint density at radius 1 is 0.542 bits per heavy atom. The molecule has 2 atom stereocenters. The monoisotopic (exact) mass is 848 g/mol. The van der Waals surface area contributed by atoms with Crippen LogP contribution in [-0.4, -0.2) is 68.3 Å². The molecule has 0 saturated carbocycles. The molecule has 0 amide bonds. The molecule has 0 bridgehead atoms. The van der Waals surface area contributed by atoms with Gasteiger partial charge in [-0.3, -0.25) is 18.6 Å². The van der Waals surface area contributed by atoms with Gasteiger partial charge in [0.2, 0.25) is 0 Å². The molecule has 59 heavy (non-hydrogen) atoms. The summed E-state index contributed by atoms with van der Waals surface area (Å²) in [4.78, 5) is 37.1. The van der Waals surface area contributed by atoms with E-state index in [0.717, 1.165) is 83.5 Å². The molecule has 0 aromatic rings. The van der Waals surface area contributed by atoms with E-state index in [9.17, 15) is 19.0 Å². The summed E-state index contributed by atoms with van der Waals surface area (Å²) >= 11 is 0. The minimum atomic E-state index is -4.38. The molecule has 0 aliphatic carbocycles. The number of hydrogen-bond donors (Lipinski definition) is 1. The van der Waals surface area contributed by atoms with E-state index in [-0.39, 0.29) is 26.1 Å². The Bertz CT molecular complexity index is 1210. The lowest BCUT2D eigenvalue weighted by molar-refractivity contribution is -0.161. The largest absolute Gasteiger partial charge is 0.472 e. The number of ether oxygens (including phenoxy) is 2. The molecule has 0 aliphatic heterocycles. The molecule has 1 N–H and O–H groups in total. The molecule has 0 aromatic heterocycles. The zero-order chi connectivity index (χ0) is 43.3. The summed E-state index contributed by atoms with van der Waals surface area (Å²) in [6.45, 7) is 4.15. The minimum absolute atomic E-state index is 0.00116. The number of likely N-dealkylation sites (N-methyl/N-ethyl adjacent to an activating group) is 1. The zero-order valence-electron chi connectivity index (χ0n) is 37.9. The number of hydrogen-bond acceptors (Lipinski definition) is 8. The number of unbranched alkanes of at least 4 members (excludes halogenated alkanes) is 16. The Kier molecular flexibility index (Phi) is 41.7. The summed E-state index contributed by atoms with van der Waals surface area (Å²) < 4.78 is 33.5. The van der Waals surface area contributed by atoms with Gasteiger partial charge in [-0.1, -0.05) is 157 Å². The number of nitrogens with zero attached hydrogens (tertiary/aromatic N) is 1. The van der Waals surface area contributed by atoms with E-state index >= 15 is 0 Å². The first-order chi connectivity index (χ1) is 28.7. The van der Waals surface area contributed by atoms with Crippen LogP contribution >= 0.6 is 7.82 Å². The van der Waals surface area contributed by atoms with Crippen LogP contribution in [0.5, 0.6) is 0 Å². The van der Waals surface area contributed by atoms with Crippen molar-refractivity contribution >= 4 is 19.8 Å². The first-order valence-electron chi connectivity index (χ1n) is 23.2. The Balaban J connectivity index is 4.30. The smallest absolute Gasteiger partial charge is 0.462 e. The average Bonchev–Trinajstić information content (AvgIpc) is 3.20. The molecule has 0 rings (SSSR count). The fourth-order valence-corrected chi connectivity index (χ4v) is 6.68. The summed E-state index contributed by atoms with van der Waals surface area (Å²) in [6.07, 6.45) is 52.3. The van der Waals surface area contributed by atoms with Crippen molar-refractivity contribution in [2.24, 2.45) is 0 Å². The third-order valence-corrected chi connectivity index (χ3v) is 10.5. The summed E-state index contributed by atoms with van der Waals surface area (Å²) in [5, 5.41) is 0. The fraction of sp³-hybridized carbons (Fsp3) is 0.714. The van der Waals surface area contributed by atoms with Gasteiger partial charge < -0.3 is 19.3 Å². The van der Waals surface area contributed by atoms with Gasteiger partial charge in [0, 0.05) is 19.4 Å². The average molecular weight is 848 g/mol. The van der Waals surface area contributed by atoms with Crippen LogP contribution in [0, 0.1) is 0 Å². The molecule has 0 aromatic carbocycles. The summed E-state index contributed by atoms with van der Waals surface area (Å²) in [5.74, 6) is -0.839. The van der Waals surface area contributed by atoms with E-state index in [0.29, 0.717) is 19.4 Å². The molecule has 0 aliphatic rings. The lowest BCUT2D eigenvalue weighted by Crippen LogP contribution is -2.29. The summed E-state index contributed by atoms with van der Waals surface area (Å²) in [5.41, 5.74) is 0. The van der Waals surface area contributed by atoms with Crippen molar-refractivity contribution in [2.75, 3.05) is 40.5 Å². The van der Waals surface area contributed by atoms with Gasteiger partial charge in [0.05, 0.1) is 13.2 Å². The molecular formula is C49H86NO8P. The standard InChI is InChI=1S/C49H86NO8P/c1-5-7-9-11-13-15-17-19-21-23-24-26-28-30-32-34-36-38-40-42-49(52)58-47(46-57-59(53,54)56-44-43-50(3)4)45-55-48(51)41-39-37-35-33-31-29-27-25-22-20-18-16-14-12-10-8-6-2/h8,10,13-16,19-22,27,29,47H,5-7,9,11-12,17-18,23-26,28,30-46H2,1-4H3,(H,53,54)/b10-8-,15-13-,16-14-,21-19-,22-20-,29-27-. The molecule has 2 unspecified atom stereocenters. The second-order valence-corrected chi connectivity index (χ2v) is 17.0. The first-order valence-corrected chi connectivity index (χ1v) is 24.7. The first kappa shape index (κ1) is 56.5. The molecule has 340 valence electrons. The normalized spacial score (nSPS) is 14.0. The minimum Gasteiger partial charge on any atom is -0.462 e. The van der Waals surface area contributed by atoms with Crippen LogP contribution in [0.25, 0.3) is 0 Å². The molecule has 0 heterocycles. The zero-order valence-corrected chi connectivity index (χ0v) is 38.8. The van der Waals surface area contributed by atoms with Crippen LogP contribution in [0.3, 0.4) is 0 Å². The maximum absolute atomic E-state index is 12.7. The highest BCUT2D eigenvalue weighted by molar-refractivity contribution is 7.47. The number of allylic oxidation sites excluding steroid dienone is 12. The van der Waals surface area contributed by atoms with E-state index in [1.165, 1.54) is 57.8 Å². The van der Waals surface area contributed by atoms with E-state index in [2.05, 4.69) is 86.8 Å². The summed E-state index contributed by atoms with van der Waals surface area (Å²) in [7, 11) is -0.734. The van der Waals surface area contributed by atoms with Crippen LogP contribution in [0.4, 0.5) is 0 Å². The summed E-state index contributed by atoms with van der Waals surface area (Å²) in [6, 6.07) is 0. The van der Waals surface area contributed by atoms with Crippen LogP contribution in [0.15, 0.2) is 72.9 Å². The highest BCUT2D eigenvalue weighted by Gasteiger charge is 2.26. The van der Waals surface area contributed by atoms with Gasteiger partial charge >= 0.3 is 19.8 Å². The highest BCUT2D eigenvalue weighted by atomic mass is 31.2. The Hall–Kier alpha value is -2.55. The Labute approximate surface area is 361 Å². The molecule has 9 nitrogen and oxygen atoms in total. The number of carbonyl (C=O) groups excluding carboxylic acids is 2. The van der Waals surface area contributed by atoms with Crippen molar-refractivity contribution in [2.45, 2.75) is 187 Å². The Morgan fingerprint density at radius 2 is 0.966 bits per heavy atom. The van der Waals surface area contributed by atoms with Gasteiger partial charge in [-0.15, -0.1) is 0 Å². The maximum Gasteiger partial charge on any atom is 0.472 e. The molecule has 10 heteroatoms. The van der Waals surface area contributed by atoms with Gasteiger partial charge in [0.15, 0.2) is 6.10 Å². The van der Waals surface area contributed by atoms with Gasteiger partial charge in [-0.25, -0.2) is 4.57 Å². The van der Waals surface area contributed by atoms with Crippen molar-refractivity contribution in [1.29, 1.82) is 0 Å². The number of esters is 2. The van der Waals surface area contributed by atoms with E-state index in [1.807, 2.05) is 19.0 Å². The van der Waals surface area contributed by atoms with Crippen LogP contribution in [-0.2, 0) is 32.7 Å². The van der Waals surface area contributed by atoms with Gasteiger partial charge in [-0.2, -0.15) is 0 Å². The van der Waals surface area contributed by atoms with Crippen molar-refractivity contribution in [3.05, 3.63) is 72.9 Å². The van der Waals surface area contributed by atoms with Crippen LogP contribution in [0.2, 0.25) is 0 Å². The molecule has 0 spiro atoms. The van der Waals surface area contributed by atoms with E-state index in [4.69, 9.17) is 18.5 Å².